The van der Waals surface area contributed by atoms with Gasteiger partial charge in [-0.05, 0) is 31.0 Å². The molecule has 0 radical (unpaired) electrons. The van der Waals surface area contributed by atoms with E-state index >= 15 is 0 Å². The number of nitrogens with zero attached hydrogens (tertiary/aromatic N) is 3. The fourth-order valence-electron chi connectivity index (χ4n) is 3.76. The van der Waals surface area contributed by atoms with Gasteiger partial charge < -0.3 is 4.98 Å². The average molecular weight is 383 g/mol. The van der Waals surface area contributed by atoms with Crippen LogP contribution in [0.1, 0.15) is 41.5 Å². The van der Waals surface area contributed by atoms with Gasteiger partial charge in [0.25, 0.3) is 5.56 Å². The summed E-state index contributed by atoms with van der Waals surface area (Å²) in [5.41, 5.74) is 3.81. The Balaban J connectivity index is 1.40. The molecule has 144 valence electrons. The van der Waals surface area contributed by atoms with Gasteiger partial charge in [0.2, 0.25) is 0 Å². The zero-order chi connectivity index (χ0) is 19.3. The molecule has 1 fully saturated rings. The molecule has 1 aromatic carbocycles. The van der Waals surface area contributed by atoms with Crippen molar-refractivity contribution in [3.63, 3.8) is 0 Å². The van der Waals surface area contributed by atoms with E-state index in [4.69, 9.17) is 0 Å². The van der Waals surface area contributed by atoms with E-state index in [-0.39, 0.29) is 5.56 Å². The van der Waals surface area contributed by atoms with Gasteiger partial charge in [0, 0.05) is 54.9 Å². The van der Waals surface area contributed by atoms with E-state index in [1.165, 1.54) is 12.1 Å². The highest BCUT2D eigenvalue weighted by Gasteiger charge is 2.27. The van der Waals surface area contributed by atoms with Gasteiger partial charge in [-0.25, -0.2) is 13.8 Å². The zero-order valence-corrected chi connectivity index (χ0v) is 15.1. The maximum atomic E-state index is 13.6. The molecule has 2 N–H and O–H groups in total. The average Bonchev–Trinajstić information content (AvgIpc) is 3.44. The zero-order valence-electron chi connectivity index (χ0n) is 15.1. The van der Waals surface area contributed by atoms with E-state index < -0.39 is 11.6 Å². The highest BCUT2D eigenvalue weighted by Crippen LogP contribution is 2.37. The molecule has 8 heteroatoms. The van der Waals surface area contributed by atoms with E-state index in [1.54, 1.807) is 6.07 Å². The normalized spacial score (nSPS) is 16.9. The molecule has 0 bridgehead atoms. The van der Waals surface area contributed by atoms with Crippen molar-refractivity contribution in [3.8, 4) is 11.3 Å². The van der Waals surface area contributed by atoms with Crippen LogP contribution in [-0.2, 0) is 19.5 Å². The molecular formula is C20H19F2N5O. The number of H-pyrrole nitrogens is 2. The Kier molecular flexibility index (Phi) is 4.08. The highest BCUT2D eigenvalue weighted by molar-refractivity contribution is 5.64. The molecule has 0 saturated heterocycles. The number of hydrogen-bond acceptors (Lipinski definition) is 4. The molecule has 6 nitrogen and oxygen atoms in total. The van der Waals surface area contributed by atoms with Crippen molar-refractivity contribution in [2.75, 3.05) is 6.54 Å². The minimum absolute atomic E-state index is 0.115. The van der Waals surface area contributed by atoms with Gasteiger partial charge >= 0.3 is 0 Å². The second-order valence-corrected chi connectivity index (χ2v) is 7.52. The number of halogens is 2. The van der Waals surface area contributed by atoms with Gasteiger partial charge in [-0.15, -0.1) is 0 Å². The Labute approximate surface area is 159 Å². The molecule has 0 unspecified atom stereocenters. The first-order valence-corrected chi connectivity index (χ1v) is 9.41. The second kappa shape index (κ2) is 6.63. The smallest absolute Gasteiger partial charge is 0.251 e. The number of nitrogens with one attached hydrogen (secondary N) is 2. The largest absolute Gasteiger partial charge is 0.310 e. The van der Waals surface area contributed by atoms with Crippen LogP contribution in [0.4, 0.5) is 8.78 Å². The van der Waals surface area contributed by atoms with Crippen molar-refractivity contribution in [2.45, 2.75) is 38.3 Å². The van der Waals surface area contributed by atoms with Crippen LogP contribution in [0.25, 0.3) is 11.3 Å². The number of fused-ring (bicyclic) bond motifs is 1. The Morgan fingerprint density at radius 1 is 1.18 bits per heavy atom. The van der Waals surface area contributed by atoms with E-state index in [0.717, 1.165) is 54.6 Å². The number of rotatable bonds is 4. The fraction of sp³-hybridized carbons (Fsp3) is 0.350. The molecule has 28 heavy (non-hydrogen) atoms. The van der Waals surface area contributed by atoms with Gasteiger partial charge in [0.05, 0.1) is 11.4 Å². The molecule has 0 atom stereocenters. The Morgan fingerprint density at radius 3 is 2.82 bits per heavy atom. The van der Waals surface area contributed by atoms with Crippen LogP contribution in [0.2, 0.25) is 0 Å². The van der Waals surface area contributed by atoms with Crippen molar-refractivity contribution >= 4 is 0 Å². The number of aromatic amines is 2. The van der Waals surface area contributed by atoms with Crippen LogP contribution in [0, 0.1) is 11.6 Å². The topological polar surface area (TPSA) is 77.7 Å². The molecule has 0 amide bonds. The van der Waals surface area contributed by atoms with Crippen LogP contribution in [0.15, 0.2) is 29.1 Å². The lowest BCUT2D eigenvalue weighted by atomic mass is 10.0. The molecule has 2 aromatic heterocycles. The summed E-state index contributed by atoms with van der Waals surface area (Å²) in [6.07, 6.45) is 2.92. The van der Waals surface area contributed by atoms with Crippen LogP contribution in [-0.4, -0.2) is 31.6 Å². The minimum Gasteiger partial charge on any atom is -0.310 e. The third-order valence-electron chi connectivity index (χ3n) is 5.37. The second-order valence-electron chi connectivity index (χ2n) is 7.52. The Hall–Kier alpha value is -2.87. The molecule has 0 spiro atoms. The first kappa shape index (κ1) is 17.2. The first-order valence-electron chi connectivity index (χ1n) is 9.41. The van der Waals surface area contributed by atoms with E-state index in [9.17, 15) is 13.6 Å². The summed E-state index contributed by atoms with van der Waals surface area (Å²) in [4.78, 5) is 21.6. The molecule has 3 aromatic rings. The fourth-order valence-corrected chi connectivity index (χ4v) is 3.76. The highest BCUT2D eigenvalue weighted by atomic mass is 19.2. The lowest BCUT2D eigenvalue weighted by Crippen LogP contribution is -2.31. The van der Waals surface area contributed by atoms with Crippen LogP contribution < -0.4 is 5.56 Å². The van der Waals surface area contributed by atoms with Crippen LogP contribution in [0.5, 0.6) is 0 Å². The minimum atomic E-state index is -0.887. The summed E-state index contributed by atoms with van der Waals surface area (Å²) in [6, 6.07) is 5.37. The molecule has 1 saturated carbocycles. The van der Waals surface area contributed by atoms with Crippen molar-refractivity contribution in [3.05, 3.63) is 69.0 Å². The van der Waals surface area contributed by atoms with Crippen LogP contribution in [0.3, 0.4) is 0 Å². The summed E-state index contributed by atoms with van der Waals surface area (Å²) in [6.45, 7) is 1.97. The number of aromatic nitrogens is 4. The lowest BCUT2D eigenvalue weighted by molar-refractivity contribution is 0.241. The number of benzene rings is 1. The Morgan fingerprint density at radius 2 is 2.04 bits per heavy atom. The SMILES string of the molecule is O=c1cc(CN2CCc3[nH]nc(-c4ccc(F)c(F)c4)c3C2)nc(C2CC2)[nH]1. The van der Waals surface area contributed by atoms with E-state index in [0.29, 0.717) is 30.3 Å². The van der Waals surface area contributed by atoms with Gasteiger partial charge in [-0.1, -0.05) is 0 Å². The van der Waals surface area contributed by atoms with Gasteiger partial charge in [-0.3, -0.25) is 14.8 Å². The third kappa shape index (κ3) is 3.24. The summed E-state index contributed by atoms with van der Waals surface area (Å²) < 4.78 is 26.9. The summed E-state index contributed by atoms with van der Waals surface area (Å²) in [7, 11) is 0. The van der Waals surface area contributed by atoms with E-state index in [1.807, 2.05) is 0 Å². The van der Waals surface area contributed by atoms with Gasteiger partial charge in [0.15, 0.2) is 11.6 Å². The van der Waals surface area contributed by atoms with Crippen molar-refractivity contribution in [1.82, 2.24) is 25.1 Å². The first-order chi connectivity index (χ1) is 13.6. The number of hydrogen-bond donors (Lipinski definition) is 2. The molecule has 1 aliphatic carbocycles. The van der Waals surface area contributed by atoms with E-state index in [2.05, 4.69) is 25.1 Å². The monoisotopic (exact) mass is 383 g/mol. The third-order valence-corrected chi connectivity index (χ3v) is 5.37. The standard InChI is InChI=1S/C20H19F2N5O/c21-15-4-3-12(7-16(15)22)19-14-10-27(6-5-17(14)25-26-19)9-13-8-18(28)24-20(23-13)11-1-2-11/h3-4,7-8,11H,1-2,5-6,9-10H2,(H,25,26)(H,23,24,28). The summed E-state index contributed by atoms with van der Waals surface area (Å²) in [5, 5.41) is 7.35. The molecule has 5 rings (SSSR count). The van der Waals surface area contributed by atoms with Crippen molar-refractivity contribution in [2.24, 2.45) is 0 Å². The summed E-state index contributed by atoms with van der Waals surface area (Å²) in [5.74, 6) is -0.593. The predicted octanol–water partition coefficient (Wildman–Crippen LogP) is 2.87. The molecular weight excluding hydrogens is 364 g/mol. The van der Waals surface area contributed by atoms with Gasteiger partial charge in [0.1, 0.15) is 5.82 Å². The van der Waals surface area contributed by atoms with Gasteiger partial charge in [-0.2, -0.15) is 5.10 Å². The predicted molar refractivity (Wildman–Crippen MR) is 98.6 cm³/mol. The maximum Gasteiger partial charge on any atom is 0.251 e. The van der Waals surface area contributed by atoms with Crippen LogP contribution >= 0.6 is 0 Å². The Bertz CT molecular complexity index is 1100. The molecule has 1 aliphatic heterocycles. The maximum absolute atomic E-state index is 13.6. The quantitative estimate of drug-likeness (QED) is 0.726. The van der Waals surface area contributed by atoms with Crippen molar-refractivity contribution < 1.29 is 8.78 Å². The van der Waals surface area contributed by atoms with Crippen molar-refractivity contribution in [1.29, 1.82) is 0 Å². The molecule has 3 heterocycles. The summed E-state index contributed by atoms with van der Waals surface area (Å²) >= 11 is 0. The lowest BCUT2D eigenvalue weighted by Gasteiger charge is -2.26. The molecule has 2 aliphatic rings.